The second kappa shape index (κ2) is 3.87. The largest absolute Gasteiger partial charge is 0.396 e. The van der Waals surface area contributed by atoms with Crippen LogP contribution < -0.4 is 0 Å². The summed E-state index contributed by atoms with van der Waals surface area (Å²) in [6.45, 7) is 6.05. The van der Waals surface area contributed by atoms with E-state index in [1.54, 1.807) is 0 Å². The van der Waals surface area contributed by atoms with Gasteiger partial charge in [0, 0.05) is 31.0 Å². The van der Waals surface area contributed by atoms with Crippen LogP contribution in [0.5, 0.6) is 0 Å². The van der Waals surface area contributed by atoms with Crippen LogP contribution in [0.4, 0.5) is 0 Å². The zero-order valence-electron chi connectivity index (χ0n) is 7.40. The molecule has 0 aromatic heterocycles. The van der Waals surface area contributed by atoms with Crippen LogP contribution in [-0.2, 0) is 0 Å². The average Bonchev–Trinajstić information content (AvgIpc) is 2.46. The van der Waals surface area contributed by atoms with Gasteiger partial charge in [-0.15, -0.1) is 0 Å². The lowest BCUT2D eigenvalue weighted by Gasteiger charge is -2.21. The Hall–Kier alpha value is -0.600. The Kier molecular flexibility index (Phi) is 3.06. The fraction of sp³-hybridized carbons (Fsp3) is 0.600. The Morgan fingerprint density at radius 3 is 2.42 bits per heavy atom. The number of aliphatic hydroxyl groups is 2. The van der Waals surface area contributed by atoms with Crippen molar-refractivity contribution in [1.82, 2.24) is 0 Å². The van der Waals surface area contributed by atoms with Crippen LogP contribution in [0.15, 0.2) is 24.3 Å². The number of hydrogen-bond acceptors (Lipinski definition) is 2. The molecule has 2 heteroatoms. The van der Waals surface area contributed by atoms with Gasteiger partial charge < -0.3 is 10.2 Å². The first kappa shape index (κ1) is 9.49. The molecule has 1 aliphatic carbocycles. The van der Waals surface area contributed by atoms with Gasteiger partial charge in [-0.2, -0.15) is 0 Å². The van der Waals surface area contributed by atoms with Gasteiger partial charge in [-0.25, -0.2) is 0 Å². The molecule has 1 aliphatic rings. The summed E-state index contributed by atoms with van der Waals surface area (Å²) >= 11 is 0. The van der Waals surface area contributed by atoms with Crippen LogP contribution in [0, 0.1) is 17.8 Å². The molecule has 0 radical (unpaired) electrons. The van der Waals surface area contributed by atoms with Gasteiger partial charge in [0.1, 0.15) is 0 Å². The molecule has 0 amide bonds. The Labute approximate surface area is 73.2 Å². The van der Waals surface area contributed by atoms with E-state index in [-0.39, 0.29) is 31.0 Å². The maximum Gasteiger partial charge on any atom is 0.0497 e. The van der Waals surface area contributed by atoms with Crippen molar-refractivity contribution in [2.45, 2.75) is 6.92 Å². The van der Waals surface area contributed by atoms with Crippen LogP contribution in [0.1, 0.15) is 6.92 Å². The molecule has 1 rings (SSSR count). The lowest BCUT2D eigenvalue weighted by Crippen LogP contribution is -2.22. The number of allylic oxidation sites excluding steroid dienone is 2. The highest BCUT2D eigenvalue weighted by atomic mass is 16.3. The Bertz CT molecular complexity index is 196. The minimum atomic E-state index is 0.108. The van der Waals surface area contributed by atoms with Crippen LogP contribution >= 0.6 is 0 Å². The first-order valence-corrected chi connectivity index (χ1v) is 4.26. The molecular formula is C10H16O2. The molecule has 0 heterocycles. The second-order valence-corrected chi connectivity index (χ2v) is 3.45. The zero-order valence-corrected chi connectivity index (χ0v) is 7.40. The van der Waals surface area contributed by atoms with Crippen molar-refractivity contribution in [2.75, 3.05) is 13.2 Å². The standard InChI is InChI=1S/C10H16O2/c1-7(2)9-4-3-8(5-11)10(9)6-12/h3-4,8-12H,1,5-6H2,2H3/t8-,9+,10+/m0/s1. The highest BCUT2D eigenvalue weighted by Crippen LogP contribution is 2.34. The third-order valence-corrected chi connectivity index (χ3v) is 2.57. The number of rotatable bonds is 3. The summed E-state index contributed by atoms with van der Waals surface area (Å²) in [5, 5.41) is 18.1. The summed E-state index contributed by atoms with van der Waals surface area (Å²) in [7, 11) is 0. The predicted octanol–water partition coefficient (Wildman–Crippen LogP) is 0.965. The SMILES string of the molecule is C=C(C)[C@H]1C=C[C@@H](CO)[C@H]1CO. The summed E-state index contributed by atoms with van der Waals surface area (Å²) in [6.07, 6.45) is 4.00. The molecule has 0 saturated carbocycles. The maximum absolute atomic E-state index is 9.09. The van der Waals surface area contributed by atoms with Gasteiger partial charge in [-0.1, -0.05) is 24.3 Å². The molecule has 0 aliphatic heterocycles. The quantitative estimate of drug-likeness (QED) is 0.616. The van der Waals surface area contributed by atoms with Crippen molar-refractivity contribution < 1.29 is 10.2 Å². The van der Waals surface area contributed by atoms with Crippen LogP contribution in [0.3, 0.4) is 0 Å². The molecule has 2 N–H and O–H groups in total. The lowest BCUT2D eigenvalue weighted by atomic mass is 9.85. The van der Waals surface area contributed by atoms with Gasteiger partial charge >= 0.3 is 0 Å². The fourth-order valence-electron chi connectivity index (χ4n) is 1.79. The topological polar surface area (TPSA) is 40.5 Å². The van der Waals surface area contributed by atoms with E-state index in [2.05, 4.69) is 6.58 Å². The Morgan fingerprint density at radius 1 is 1.33 bits per heavy atom. The summed E-state index contributed by atoms with van der Waals surface area (Å²) in [4.78, 5) is 0. The first-order valence-electron chi connectivity index (χ1n) is 4.26. The lowest BCUT2D eigenvalue weighted by molar-refractivity contribution is 0.137. The maximum atomic E-state index is 9.09. The van der Waals surface area contributed by atoms with E-state index in [1.807, 2.05) is 19.1 Å². The van der Waals surface area contributed by atoms with Crippen molar-refractivity contribution >= 4 is 0 Å². The van der Waals surface area contributed by atoms with Gasteiger partial charge in [-0.05, 0) is 6.92 Å². The van der Waals surface area contributed by atoms with E-state index in [0.717, 1.165) is 5.57 Å². The van der Waals surface area contributed by atoms with Gasteiger partial charge in [0.05, 0.1) is 0 Å². The van der Waals surface area contributed by atoms with Gasteiger partial charge in [0.2, 0.25) is 0 Å². The molecule has 3 atom stereocenters. The third-order valence-electron chi connectivity index (χ3n) is 2.57. The summed E-state index contributed by atoms with van der Waals surface area (Å²) < 4.78 is 0. The van der Waals surface area contributed by atoms with E-state index < -0.39 is 0 Å². The monoisotopic (exact) mass is 168 g/mol. The van der Waals surface area contributed by atoms with Crippen molar-refractivity contribution in [3.63, 3.8) is 0 Å². The van der Waals surface area contributed by atoms with E-state index >= 15 is 0 Å². The molecule has 0 unspecified atom stereocenters. The van der Waals surface area contributed by atoms with E-state index in [4.69, 9.17) is 10.2 Å². The van der Waals surface area contributed by atoms with Crippen molar-refractivity contribution in [3.05, 3.63) is 24.3 Å². The van der Waals surface area contributed by atoms with Gasteiger partial charge in [0.15, 0.2) is 0 Å². The number of aliphatic hydroxyl groups excluding tert-OH is 2. The molecule has 0 bridgehead atoms. The molecule has 68 valence electrons. The highest BCUT2D eigenvalue weighted by molar-refractivity contribution is 5.17. The van der Waals surface area contributed by atoms with Crippen molar-refractivity contribution in [3.8, 4) is 0 Å². The summed E-state index contributed by atoms with van der Waals surface area (Å²) in [6, 6.07) is 0. The molecule has 0 saturated heterocycles. The highest BCUT2D eigenvalue weighted by Gasteiger charge is 2.30. The van der Waals surface area contributed by atoms with E-state index in [1.165, 1.54) is 0 Å². The first-order chi connectivity index (χ1) is 5.70. The normalized spacial score (nSPS) is 34.1. The van der Waals surface area contributed by atoms with Crippen LogP contribution in [-0.4, -0.2) is 23.4 Å². The molecular weight excluding hydrogens is 152 g/mol. The Balaban J connectivity index is 2.68. The fourth-order valence-corrected chi connectivity index (χ4v) is 1.79. The summed E-state index contributed by atoms with van der Waals surface area (Å²) in [5.41, 5.74) is 1.06. The number of hydrogen-bond donors (Lipinski definition) is 2. The smallest absolute Gasteiger partial charge is 0.0497 e. The zero-order chi connectivity index (χ0) is 9.14. The van der Waals surface area contributed by atoms with Crippen molar-refractivity contribution in [1.29, 1.82) is 0 Å². The van der Waals surface area contributed by atoms with E-state index in [0.29, 0.717) is 0 Å². The third kappa shape index (κ3) is 1.59. The molecule has 0 fully saturated rings. The van der Waals surface area contributed by atoms with Gasteiger partial charge in [0.25, 0.3) is 0 Å². The molecule has 0 aromatic rings. The Morgan fingerprint density at radius 2 is 2.00 bits per heavy atom. The summed E-state index contributed by atoms with van der Waals surface area (Å²) in [5.74, 6) is 0.483. The van der Waals surface area contributed by atoms with Gasteiger partial charge in [-0.3, -0.25) is 0 Å². The van der Waals surface area contributed by atoms with Crippen molar-refractivity contribution in [2.24, 2.45) is 17.8 Å². The predicted molar refractivity (Wildman–Crippen MR) is 48.6 cm³/mol. The van der Waals surface area contributed by atoms with Crippen LogP contribution in [0.2, 0.25) is 0 Å². The average molecular weight is 168 g/mol. The minimum absolute atomic E-state index is 0.108. The molecule has 0 aromatic carbocycles. The molecule has 12 heavy (non-hydrogen) atoms. The minimum Gasteiger partial charge on any atom is -0.396 e. The molecule has 2 nitrogen and oxygen atoms in total. The molecule has 0 spiro atoms. The van der Waals surface area contributed by atoms with E-state index in [9.17, 15) is 0 Å². The second-order valence-electron chi connectivity index (χ2n) is 3.45. The van der Waals surface area contributed by atoms with Crippen LogP contribution in [0.25, 0.3) is 0 Å².